The zero-order valence-corrected chi connectivity index (χ0v) is 15.5. The van der Waals surface area contributed by atoms with Crippen LogP contribution in [0.25, 0.3) is 0 Å². The van der Waals surface area contributed by atoms with Gasteiger partial charge in [-0.05, 0) is 63.5 Å². The number of benzene rings is 1. The molecule has 136 valence electrons. The largest absolute Gasteiger partial charge is 0.353 e. The third-order valence-electron chi connectivity index (χ3n) is 5.82. The molecule has 3 rings (SSSR count). The zero-order valence-electron chi connectivity index (χ0n) is 15.5. The van der Waals surface area contributed by atoms with Crippen molar-refractivity contribution in [3.8, 4) is 0 Å². The Morgan fingerprint density at radius 1 is 1.16 bits per heavy atom. The average molecular weight is 342 g/mol. The molecule has 1 aliphatic heterocycles. The minimum absolute atomic E-state index is 0.0683. The molecule has 0 spiro atoms. The molecule has 0 bridgehead atoms. The predicted molar refractivity (Wildman–Crippen MR) is 100 cm³/mol. The van der Waals surface area contributed by atoms with Gasteiger partial charge in [0.05, 0.1) is 0 Å². The van der Waals surface area contributed by atoms with Gasteiger partial charge in [0.25, 0.3) is 0 Å². The van der Waals surface area contributed by atoms with Gasteiger partial charge in [-0.25, -0.2) is 0 Å². The maximum Gasteiger partial charge on any atom is 0.230 e. The van der Waals surface area contributed by atoms with Gasteiger partial charge in [-0.1, -0.05) is 25.1 Å². The maximum absolute atomic E-state index is 13.0. The molecule has 1 saturated carbocycles. The lowest BCUT2D eigenvalue weighted by atomic mass is 9.80. The summed E-state index contributed by atoms with van der Waals surface area (Å²) in [5.74, 6) is 0.571. The number of hydrogen-bond acceptors (Lipinski definition) is 2. The number of rotatable bonds is 4. The second-order valence-electron chi connectivity index (χ2n) is 7.59. The van der Waals surface area contributed by atoms with Crippen LogP contribution in [-0.4, -0.2) is 24.4 Å². The normalized spacial score (nSPS) is 24.3. The van der Waals surface area contributed by atoms with Gasteiger partial charge in [0.2, 0.25) is 11.8 Å². The number of carbonyl (C=O) groups is 2. The van der Waals surface area contributed by atoms with Crippen molar-refractivity contribution in [2.45, 2.75) is 64.8 Å². The van der Waals surface area contributed by atoms with Crippen LogP contribution in [0.5, 0.6) is 0 Å². The summed E-state index contributed by atoms with van der Waals surface area (Å²) in [5.41, 5.74) is 2.37. The predicted octanol–water partition coefficient (Wildman–Crippen LogP) is 3.69. The van der Waals surface area contributed by atoms with Gasteiger partial charge < -0.3 is 10.2 Å². The van der Waals surface area contributed by atoms with Gasteiger partial charge in [0, 0.05) is 30.1 Å². The number of aryl methyl sites for hydroxylation is 1. The quantitative estimate of drug-likeness (QED) is 0.907. The summed E-state index contributed by atoms with van der Waals surface area (Å²) in [4.78, 5) is 27.3. The van der Waals surface area contributed by atoms with E-state index in [1.54, 1.807) is 0 Å². The first kappa shape index (κ1) is 18.0. The molecule has 2 aliphatic rings. The summed E-state index contributed by atoms with van der Waals surface area (Å²) in [6.07, 6.45) is 6.36. The highest BCUT2D eigenvalue weighted by Gasteiger charge is 2.34. The summed E-state index contributed by atoms with van der Waals surface area (Å²) < 4.78 is 0. The summed E-state index contributed by atoms with van der Waals surface area (Å²) >= 11 is 0. The smallest absolute Gasteiger partial charge is 0.230 e. The van der Waals surface area contributed by atoms with Gasteiger partial charge in [0.15, 0.2) is 0 Å². The highest BCUT2D eigenvalue weighted by molar-refractivity contribution is 5.96. The molecule has 4 heteroatoms. The Kier molecular flexibility index (Phi) is 5.77. The van der Waals surface area contributed by atoms with E-state index in [0.29, 0.717) is 0 Å². The highest BCUT2D eigenvalue weighted by atomic mass is 16.2. The van der Waals surface area contributed by atoms with Crippen molar-refractivity contribution in [1.82, 2.24) is 5.32 Å². The van der Waals surface area contributed by atoms with Crippen molar-refractivity contribution in [3.63, 3.8) is 0 Å². The Morgan fingerprint density at radius 2 is 1.84 bits per heavy atom. The first-order valence-electron chi connectivity index (χ1n) is 9.79. The topological polar surface area (TPSA) is 49.4 Å². The average Bonchev–Trinajstić information content (AvgIpc) is 2.67. The molecule has 1 atom stereocenters. The van der Waals surface area contributed by atoms with E-state index >= 15 is 0 Å². The fraction of sp³-hybridized carbons (Fsp3) is 0.619. The van der Waals surface area contributed by atoms with E-state index < -0.39 is 0 Å². The molecule has 1 N–H and O–H groups in total. The number of nitrogens with one attached hydrogen (secondary N) is 1. The minimum atomic E-state index is 0.0683. The van der Waals surface area contributed by atoms with Crippen LogP contribution in [0, 0.1) is 11.8 Å². The van der Waals surface area contributed by atoms with Gasteiger partial charge in [-0.15, -0.1) is 0 Å². The molecule has 1 aromatic carbocycles. The van der Waals surface area contributed by atoms with Crippen LogP contribution >= 0.6 is 0 Å². The Hall–Kier alpha value is -1.84. The van der Waals surface area contributed by atoms with Crippen LogP contribution in [-0.2, 0) is 16.0 Å². The monoisotopic (exact) mass is 342 g/mol. The summed E-state index contributed by atoms with van der Waals surface area (Å²) in [6, 6.07) is 8.49. The first-order valence-corrected chi connectivity index (χ1v) is 9.79. The van der Waals surface area contributed by atoms with E-state index in [2.05, 4.69) is 24.4 Å². The molecule has 0 aromatic heterocycles. The maximum atomic E-state index is 13.0. The van der Waals surface area contributed by atoms with Crippen LogP contribution in [0.4, 0.5) is 5.69 Å². The van der Waals surface area contributed by atoms with Crippen LogP contribution in [0.15, 0.2) is 24.3 Å². The standard InChI is InChI=1S/C21H30N2O2/c1-3-15(2)22-20(24)17-10-12-18(13-11-17)21(25)23-14-6-8-16-7-4-5-9-19(16)23/h4-5,7,9,15,17-18H,3,6,8,10-14H2,1-2H3,(H,22,24). The molecule has 4 nitrogen and oxygen atoms in total. The number of anilines is 1. The number of carbonyl (C=O) groups excluding carboxylic acids is 2. The van der Waals surface area contributed by atoms with Gasteiger partial charge >= 0.3 is 0 Å². The van der Waals surface area contributed by atoms with Crippen LogP contribution in [0.3, 0.4) is 0 Å². The molecule has 1 aliphatic carbocycles. The van der Waals surface area contributed by atoms with Gasteiger partial charge in [-0.2, -0.15) is 0 Å². The van der Waals surface area contributed by atoms with Crippen molar-refractivity contribution in [3.05, 3.63) is 29.8 Å². The Bertz CT molecular complexity index is 620. The van der Waals surface area contributed by atoms with E-state index in [1.165, 1.54) is 5.56 Å². The molecule has 1 unspecified atom stereocenters. The number of nitrogens with zero attached hydrogens (tertiary/aromatic N) is 1. The second-order valence-corrected chi connectivity index (χ2v) is 7.59. The molecular weight excluding hydrogens is 312 g/mol. The SMILES string of the molecule is CCC(C)NC(=O)C1CCC(C(=O)N2CCCc3ccccc32)CC1. The van der Waals surface area contributed by atoms with Crippen LogP contribution < -0.4 is 10.2 Å². The van der Waals surface area contributed by atoms with Crippen molar-refractivity contribution >= 4 is 17.5 Å². The lowest BCUT2D eigenvalue weighted by Gasteiger charge is -2.35. The number of fused-ring (bicyclic) bond motifs is 1. The van der Waals surface area contributed by atoms with E-state index in [4.69, 9.17) is 0 Å². The molecule has 1 heterocycles. The summed E-state index contributed by atoms with van der Waals surface area (Å²) in [6.45, 7) is 4.95. The number of amides is 2. The first-order chi connectivity index (χ1) is 12.1. The summed E-state index contributed by atoms with van der Waals surface area (Å²) in [7, 11) is 0. The third kappa shape index (κ3) is 4.05. The summed E-state index contributed by atoms with van der Waals surface area (Å²) in [5, 5.41) is 3.09. The fourth-order valence-electron chi connectivity index (χ4n) is 4.05. The second kappa shape index (κ2) is 8.03. The van der Waals surface area contributed by atoms with Crippen molar-refractivity contribution in [1.29, 1.82) is 0 Å². The Morgan fingerprint density at radius 3 is 2.56 bits per heavy atom. The van der Waals surface area contributed by atoms with Gasteiger partial charge in [0.1, 0.15) is 0 Å². The molecule has 25 heavy (non-hydrogen) atoms. The molecule has 1 fully saturated rings. The number of para-hydroxylation sites is 1. The molecule has 0 saturated heterocycles. The highest BCUT2D eigenvalue weighted by Crippen LogP contribution is 2.34. The van der Waals surface area contributed by atoms with E-state index in [0.717, 1.165) is 57.2 Å². The van der Waals surface area contributed by atoms with E-state index in [9.17, 15) is 9.59 Å². The Balaban J connectivity index is 1.58. The van der Waals surface area contributed by atoms with E-state index in [1.807, 2.05) is 24.0 Å². The van der Waals surface area contributed by atoms with Crippen LogP contribution in [0.2, 0.25) is 0 Å². The van der Waals surface area contributed by atoms with Crippen molar-refractivity contribution in [2.75, 3.05) is 11.4 Å². The fourth-order valence-corrected chi connectivity index (χ4v) is 4.05. The van der Waals surface area contributed by atoms with Crippen molar-refractivity contribution < 1.29 is 9.59 Å². The third-order valence-corrected chi connectivity index (χ3v) is 5.82. The van der Waals surface area contributed by atoms with Gasteiger partial charge in [-0.3, -0.25) is 9.59 Å². The van der Waals surface area contributed by atoms with E-state index in [-0.39, 0.29) is 29.7 Å². The minimum Gasteiger partial charge on any atom is -0.353 e. The molecule has 2 amide bonds. The number of hydrogen-bond donors (Lipinski definition) is 1. The Labute approximate surface area is 151 Å². The molecular formula is C21H30N2O2. The molecule has 0 radical (unpaired) electrons. The lowest BCUT2D eigenvalue weighted by molar-refractivity contribution is -0.129. The lowest BCUT2D eigenvalue weighted by Crippen LogP contribution is -2.43. The van der Waals surface area contributed by atoms with Crippen LogP contribution in [0.1, 0.15) is 57.9 Å². The van der Waals surface area contributed by atoms with Crippen molar-refractivity contribution in [2.24, 2.45) is 11.8 Å². The zero-order chi connectivity index (χ0) is 17.8. The molecule has 1 aromatic rings.